The van der Waals surface area contributed by atoms with Crippen molar-refractivity contribution in [2.45, 2.75) is 38.7 Å². The van der Waals surface area contributed by atoms with E-state index in [0.717, 1.165) is 5.56 Å². The van der Waals surface area contributed by atoms with E-state index in [4.69, 9.17) is 4.74 Å². The molecule has 1 atom stereocenters. The highest BCUT2D eigenvalue weighted by Crippen LogP contribution is 2.36. The summed E-state index contributed by atoms with van der Waals surface area (Å²) in [4.78, 5) is 30.9. The number of H-pyrrole nitrogens is 1. The molecule has 12 nitrogen and oxygen atoms in total. The lowest BCUT2D eigenvalue weighted by atomic mass is 9.99. The molecule has 0 aliphatic heterocycles. The Balaban J connectivity index is 1.51. The minimum absolute atomic E-state index is 0.0295. The Labute approximate surface area is 256 Å². The van der Waals surface area contributed by atoms with Gasteiger partial charge in [-0.3, -0.25) is 9.62 Å². The van der Waals surface area contributed by atoms with E-state index in [1.807, 2.05) is 51.1 Å². The number of alkyl carbamates (subject to hydrolysis) is 1. The molecule has 4 N–H and O–H groups in total. The monoisotopic (exact) mass is 623 g/mol. The van der Waals surface area contributed by atoms with Crippen LogP contribution in [0.25, 0.3) is 11.0 Å². The van der Waals surface area contributed by atoms with E-state index in [1.54, 1.807) is 24.3 Å². The van der Waals surface area contributed by atoms with Crippen LogP contribution in [0.1, 0.15) is 31.9 Å². The van der Waals surface area contributed by atoms with Gasteiger partial charge in [-0.15, -0.1) is 0 Å². The number of hydrogen-bond acceptors (Lipinski definition) is 8. The van der Waals surface area contributed by atoms with Gasteiger partial charge in [-0.1, -0.05) is 63.2 Å². The third-order valence-corrected chi connectivity index (χ3v) is 8.50. The van der Waals surface area contributed by atoms with Crippen LogP contribution in [0.2, 0.25) is 0 Å². The highest BCUT2D eigenvalue weighted by molar-refractivity contribution is 7.92. The molecule has 0 saturated heterocycles. The summed E-state index contributed by atoms with van der Waals surface area (Å²) in [5, 5.41) is 16.5. The van der Waals surface area contributed by atoms with Gasteiger partial charge in [0.1, 0.15) is 12.4 Å². The van der Waals surface area contributed by atoms with E-state index in [1.165, 1.54) is 23.5 Å². The number of nitrogens with one attached hydrogen (secondary N) is 3. The maximum atomic E-state index is 14.0. The van der Waals surface area contributed by atoms with Crippen molar-refractivity contribution >= 4 is 44.9 Å². The molecule has 44 heavy (non-hydrogen) atoms. The Bertz CT molecular complexity index is 1710. The van der Waals surface area contributed by atoms with Gasteiger partial charge in [0, 0.05) is 13.1 Å². The Hall–Kier alpha value is -4.78. The number of hydrogen-bond donors (Lipinski definition) is 4. The second-order valence-corrected chi connectivity index (χ2v) is 12.7. The number of amides is 2. The summed E-state index contributed by atoms with van der Waals surface area (Å²) in [5.41, 5.74) is 2.40. The lowest BCUT2D eigenvalue weighted by Crippen LogP contribution is -2.34. The number of phenols is 1. The summed E-state index contributed by atoms with van der Waals surface area (Å²) in [6.45, 7) is 6.24. The first-order valence-corrected chi connectivity index (χ1v) is 15.5. The quantitative estimate of drug-likeness (QED) is 0.163. The molecule has 2 amide bonds. The number of aromatic hydroxyl groups is 1. The third kappa shape index (κ3) is 7.98. The number of imidazole rings is 1. The van der Waals surface area contributed by atoms with Crippen LogP contribution in [-0.4, -0.2) is 55.9 Å². The normalized spacial score (nSPS) is 12.1. The van der Waals surface area contributed by atoms with E-state index < -0.39 is 22.2 Å². The van der Waals surface area contributed by atoms with E-state index >= 15 is 0 Å². The molecule has 0 aliphatic rings. The first kappa shape index (κ1) is 32.1. The number of sulfonamides is 1. The molecular formula is C31H37N5O7S. The Morgan fingerprint density at radius 2 is 1.77 bits per heavy atom. The van der Waals surface area contributed by atoms with Crippen LogP contribution in [0.5, 0.6) is 5.75 Å². The van der Waals surface area contributed by atoms with Crippen LogP contribution in [0, 0.1) is 11.8 Å². The number of phenolic OH excluding ortho intramolecular Hbond substituents is 1. The van der Waals surface area contributed by atoms with Gasteiger partial charge in [0.05, 0.1) is 28.7 Å². The SMILES string of the molecule is COC(=O)Nc1nc2cc(S(=O)(=O)N(CC(C)C)c3cccc(C[C@@H](C)CNC(=O)OCc4ccccc4)c3O)ccc2[nH]1. The molecule has 0 aliphatic carbocycles. The van der Waals surface area contributed by atoms with Crippen molar-refractivity contribution in [1.82, 2.24) is 15.3 Å². The van der Waals surface area contributed by atoms with Crippen molar-refractivity contribution in [3.8, 4) is 5.75 Å². The first-order valence-electron chi connectivity index (χ1n) is 14.1. The van der Waals surface area contributed by atoms with Gasteiger partial charge >= 0.3 is 12.2 Å². The van der Waals surface area contributed by atoms with Crippen LogP contribution >= 0.6 is 0 Å². The molecule has 0 unspecified atom stereocenters. The fourth-order valence-corrected chi connectivity index (χ4v) is 6.22. The van der Waals surface area contributed by atoms with Gasteiger partial charge in [-0.25, -0.2) is 23.0 Å². The molecule has 4 aromatic rings. The lowest BCUT2D eigenvalue weighted by Gasteiger charge is -2.28. The molecular weight excluding hydrogens is 586 g/mol. The number of ether oxygens (including phenoxy) is 2. The predicted molar refractivity (Wildman–Crippen MR) is 167 cm³/mol. The maximum Gasteiger partial charge on any atom is 0.413 e. The van der Waals surface area contributed by atoms with Gasteiger partial charge < -0.3 is 24.9 Å². The number of carbonyl (C=O) groups excluding carboxylic acids is 2. The van der Waals surface area contributed by atoms with Gasteiger partial charge in [-0.05, 0) is 53.6 Å². The topological polar surface area (TPSA) is 163 Å². The van der Waals surface area contributed by atoms with Crippen LogP contribution in [0.3, 0.4) is 0 Å². The smallest absolute Gasteiger partial charge is 0.413 e. The Morgan fingerprint density at radius 1 is 1.02 bits per heavy atom. The molecule has 1 aromatic heterocycles. The van der Waals surface area contributed by atoms with Gasteiger partial charge in [0.25, 0.3) is 10.0 Å². The Kier molecular flexibility index (Phi) is 10.3. The maximum absolute atomic E-state index is 14.0. The molecule has 1 heterocycles. The average molecular weight is 624 g/mol. The number of aromatic amines is 1. The first-order chi connectivity index (χ1) is 21.0. The molecule has 0 spiro atoms. The summed E-state index contributed by atoms with van der Waals surface area (Å²) in [7, 11) is -2.92. The number of carbonyl (C=O) groups is 2. The fraction of sp³-hybridized carbons (Fsp3) is 0.323. The number of methoxy groups -OCH3 is 1. The number of benzene rings is 3. The van der Waals surface area contributed by atoms with Crippen LogP contribution in [-0.2, 0) is 32.5 Å². The van der Waals surface area contributed by atoms with Crippen molar-refractivity contribution in [2.75, 3.05) is 29.8 Å². The van der Waals surface area contributed by atoms with E-state index in [9.17, 15) is 23.1 Å². The minimum Gasteiger partial charge on any atom is -0.505 e. The molecule has 4 rings (SSSR count). The number of aromatic nitrogens is 2. The minimum atomic E-state index is -4.14. The van der Waals surface area contributed by atoms with E-state index in [2.05, 4.69) is 25.3 Å². The second-order valence-electron chi connectivity index (χ2n) is 10.8. The number of anilines is 2. The van der Waals surface area contributed by atoms with E-state index in [-0.39, 0.29) is 47.3 Å². The molecule has 0 saturated carbocycles. The largest absolute Gasteiger partial charge is 0.505 e. The molecule has 0 radical (unpaired) electrons. The van der Waals surface area contributed by atoms with Crippen molar-refractivity contribution in [1.29, 1.82) is 0 Å². The molecule has 13 heteroatoms. The average Bonchev–Trinajstić information content (AvgIpc) is 3.41. The van der Waals surface area contributed by atoms with E-state index in [0.29, 0.717) is 29.6 Å². The molecule has 0 bridgehead atoms. The fourth-order valence-electron chi connectivity index (χ4n) is 4.56. The van der Waals surface area contributed by atoms with Crippen molar-refractivity contribution in [3.05, 3.63) is 77.9 Å². The van der Waals surface area contributed by atoms with Gasteiger partial charge in [0.2, 0.25) is 5.95 Å². The van der Waals surface area contributed by atoms with Crippen molar-refractivity contribution in [2.24, 2.45) is 11.8 Å². The molecule has 234 valence electrons. The summed E-state index contributed by atoms with van der Waals surface area (Å²) in [5.74, 6) is -0.201. The van der Waals surface area contributed by atoms with Crippen molar-refractivity contribution < 1.29 is 32.6 Å². The van der Waals surface area contributed by atoms with Crippen LogP contribution < -0.4 is 14.9 Å². The van der Waals surface area contributed by atoms with Gasteiger partial charge in [0.15, 0.2) is 0 Å². The summed E-state index contributed by atoms with van der Waals surface area (Å²) < 4.78 is 39.0. The number of rotatable bonds is 12. The van der Waals surface area contributed by atoms with Crippen molar-refractivity contribution in [3.63, 3.8) is 0 Å². The summed E-state index contributed by atoms with van der Waals surface area (Å²) in [6, 6.07) is 18.7. The lowest BCUT2D eigenvalue weighted by molar-refractivity contribution is 0.138. The zero-order valence-corrected chi connectivity index (χ0v) is 25.8. The number of fused-ring (bicyclic) bond motifs is 1. The van der Waals surface area contributed by atoms with Crippen LogP contribution in [0.15, 0.2) is 71.6 Å². The Morgan fingerprint density at radius 3 is 2.48 bits per heavy atom. The zero-order valence-electron chi connectivity index (χ0n) is 25.0. The molecule has 0 fully saturated rings. The van der Waals surface area contributed by atoms with Gasteiger partial charge in [-0.2, -0.15) is 0 Å². The second kappa shape index (κ2) is 14.1. The number of nitrogens with zero attached hydrogens (tertiary/aromatic N) is 2. The standard InChI is InChI=1S/C31H37N5O7S/c1-20(2)18-36(44(40,41)24-13-14-25-26(16-24)34-29(33-25)35-31(39)42-4)27-12-8-11-23(28(27)37)15-21(3)17-32-30(38)43-19-22-9-6-5-7-10-22/h5-14,16,20-21,37H,15,17-19H2,1-4H3,(H,32,38)(H2,33,34,35,39)/t21-/m1/s1. The highest BCUT2D eigenvalue weighted by Gasteiger charge is 2.29. The highest BCUT2D eigenvalue weighted by atomic mass is 32.2. The zero-order chi connectivity index (χ0) is 31.9. The summed E-state index contributed by atoms with van der Waals surface area (Å²) in [6.07, 6.45) is -0.887. The van der Waals surface area contributed by atoms with Crippen LogP contribution in [0.4, 0.5) is 21.2 Å². The molecule has 3 aromatic carbocycles. The summed E-state index contributed by atoms with van der Waals surface area (Å²) >= 11 is 0. The predicted octanol–water partition coefficient (Wildman–Crippen LogP) is 5.40. The number of para-hydroxylation sites is 1. The third-order valence-electron chi connectivity index (χ3n) is 6.72.